The number of esters is 1. The summed E-state index contributed by atoms with van der Waals surface area (Å²) in [6, 6.07) is 7.63. The molecule has 182 valence electrons. The Hall–Kier alpha value is -1.67. The molecule has 0 saturated carbocycles. The Morgan fingerprint density at radius 3 is 2.25 bits per heavy atom. The van der Waals surface area contributed by atoms with Crippen molar-refractivity contribution in [3.63, 3.8) is 0 Å². The number of carbonyl (C=O) groups excluding carboxylic acids is 1. The van der Waals surface area contributed by atoms with Crippen molar-refractivity contribution >= 4 is 14.3 Å². The van der Waals surface area contributed by atoms with E-state index >= 15 is 0 Å². The molecule has 0 fully saturated rings. The zero-order chi connectivity index (χ0) is 24.5. The normalized spacial score (nSPS) is 15.8. The van der Waals surface area contributed by atoms with Gasteiger partial charge >= 0.3 is 5.97 Å². The molecular formula is C25H42O6Si. The van der Waals surface area contributed by atoms with Gasteiger partial charge in [-0.2, -0.15) is 0 Å². The van der Waals surface area contributed by atoms with Gasteiger partial charge in [0, 0.05) is 12.3 Å². The van der Waals surface area contributed by atoms with Gasteiger partial charge in [0.2, 0.25) is 0 Å². The molecule has 0 bridgehead atoms. The first kappa shape index (κ1) is 28.4. The maximum absolute atomic E-state index is 11.8. The van der Waals surface area contributed by atoms with Crippen molar-refractivity contribution in [2.75, 3.05) is 20.8 Å². The Kier molecular flexibility index (Phi) is 11.1. The number of aliphatic hydroxyl groups is 1. The fourth-order valence-electron chi connectivity index (χ4n) is 2.93. The van der Waals surface area contributed by atoms with E-state index in [4.69, 9.17) is 13.9 Å². The van der Waals surface area contributed by atoms with E-state index in [1.54, 1.807) is 7.11 Å². The smallest absolute Gasteiger partial charge is 0.334 e. The molecule has 1 aromatic rings. The van der Waals surface area contributed by atoms with E-state index in [2.05, 4.69) is 44.7 Å². The summed E-state index contributed by atoms with van der Waals surface area (Å²) < 4.78 is 22.3. The minimum Gasteiger partial charge on any atom is -0.497 e. The van der Waals surface area contributed by atoms with E-state index in [-0.39, 0.29) is 23.5 Å². The van der Waals surface area contributed by atoms with Crippen LogP contribution in [-0.4, -0.2) is 52.4 Å². The average molecular weight is 467 g/mol. The summed E-state index contributed by atoms with van der Waals surface area (Å²) >= 11 is 0. The van der Waals surface area contributed by atoms with Crippen LogP contribution in [0, 0.1) is 5.92 Å². The molecule has 0 heterocycles. The molecule has 1 rings (SSSR count). The first-order chi connectivity index (χ1) is 14.8. The number of ether oxygens (including phenoxy) is 3. The first-order valence-corrected chi connectivity index (χ1v) is 14.0. The van der Waals surface area contributed by atoms with Crippen molar-refractivity contribution in [2.45, 2.75) is 78.0 Å². The lowest BCUT2D eigenvalue weighted by Crippen LogP contribution is -2.41. The quantitative estimate of drug-likeness (QED) is 0.262. The molecule has 1 aromatic carbocycles. The maximum atomic E-state index is 11.8. The number of rotatable bonds is 12. The summed E-state index contributed by atoms with van der Waals surface area (Å²) in [6.07, 6.45) is 0.654. The average Bonchev–Trinajstić information content (AvgIpc) is 2.73. The van der Waals surface area contributed by atoms with Crippen molar-refractivity contribution in [1.29, 1.82) is 0 Å². The van der Waals surface area contributed by atoms with Gasteiger partial charge in [-0.15, -0.1) is 0 Å². The summed E-state index contributed by atoms with van der Waals surface area (Å²) in [7, 11) is 1.05. The third-order valence-corrected chi connectivity index (χ3v) is 10.6. The molecule has 1 N–H and O–H groups in total. The molecule has 0 aliphatic heterocycles. The van der Waals surface area contributed by atoms with E-state index < -0.39 is 20.4 Å². The second kappa shape index (κ2) is 12.5. The monoisotopic (exact) mass is 466 g/mol. The Morgan fingerprint density at radius 1 is 1.16 bits per heavy atom. The first-order valence-electron chi connectivity index (χ1n) is 11.1. The van der Waals surface area contributed by atoms with Crippen LogP contribution in [0.5, 0.6) is 5.75 Å². The number of hydrogen-bond acceptors (Lipinski definition) is 6. The van der Waals surface area contributed by atoms with Crippen LogP contribution in [0.15, 0.2) is 35.9 Å². The zero-order valence-electron chi connectivity index (χ0n) is 21.2. The van der Waals surface area contributed by atoms with Crippen molar-refractivity contribution in [3.05, 3.63) is 41.5 Å². The van der Waals surface area contributed by atoms with E-state index in [9.17, 15) is 9.90 Å². The molecule has 0 unspecified atom stereocenters. The van der Waals surface area contributed by atoms with Gasteiger partial charge in [0.25, 0.3) is 0 Å². The van der Waals surface area contributed by atoms with Gasteiger partial charge in [-0.1, -0.05) is 51.5 Å². The van der Waals surface area contributed by atoms with Crippen LogP contribution in [0.4, 0.5) is 0 Å². The Bertz CT molecular complexity index is 736. The van der Waals surface area contributed by atoms with Crippen LogP contribution in [0.2, 0.25) is 18.1 Å². The van der Waals surface area contributed by atoms with Crippen molar-refractivity contribution in [3.8, 4) is 5.75 Å². The van der Waals surface area contributed by atoms with Crippen molar-refractivity contribution < 1.29 is 28.5 Å². The van der Waals surface area contributed by atoms with Gasteiger partial charge in [-0.25, -0.2) is 4.79 Å². The molecule has 3 atom stereocenters. The molecule has 7 heteroatoms. The molecule has 0 aromatic heterocycles. The van der Waals surface area contributed by atoms with Gasteiger partial charge in [-0.05, 0) is 42.8 Å². The second-order valence-corrected chi connectivity index (χ2v) is 14.7. The molecule has 32 heavy (non-hydrogen) atoms. The van der Waals surface area contributed by atoms with Crippen molar-refractivity contribution in [1.82, 2.24) is 0 Å². The largest absolute Gasteiger partial charge is 0.497 e. The number of aliphatic hydroxyl groups excluding tert-OH is 1. The van der Waals surface area contributed by atoms with E-state index in [1.807, 2.05) is 38.1 Å². The van der Waals surface area contributed by atoms with E-state index in [1.165, 1.54) is 7.11 Å². The van der Waals surface area contributed by atoms with Crippen LogP contribution in [0.1, 0.15) is 46.6 Å². The summed E-state index contributed by atoms with van der Waals surface area (Å²) in [5.41, 5.74) is 2.09. The minimum absolute atomic E-state index is 0.0319. The summed E-state index contributed by atoms with van der Waals surface area (Å²) in [5.74, 6) is 0.0906. The highest BCUT2D eigenvalue weighted by Crippen LogP contribution is 2.36. The molecule has 0 amide bonds. The molecule has 0 saturated heterocycles. The third kappa shape index (κ3) is 9.06. The van der Waals surface area contributed by atoms with Gasteiger partial charge in [0.15, 0.2) is 14.4 Å². The van der Waals surface area contributed by atoms with Gasteiger partial charge in [0.1, 0.15) is 5.75 Å². The van der Waals surface area contributed by atoms with Crippen LogP contribution in [-0.2, 0) is 25.3 Å². The fourth-order valence-corrected chi connectivity index (χ4v) is 3.95. The molecule has 6 nitrogen and oxygen atoms in total. The predicted molar refractivity (Wildman–Crippen MR) is 130 cm³/mol. The molecule has 0 radical (unpaired) electrons. The zero-order valence-corrected chi connectivity index (χ0v) is 22.2. The topological polar surface area (TPSA) is 74.2 Å². The number of methoxy groups -OCH3 is 2. The van der Waals surface area contributed by atoms with Crippen LogP contribution >= 0.6 is 0 Å². The number of benzene rings is 1. The minimum atomic E-state index is -1.84. The fraction of sp³-hybridized carbons (Fsp3) is 0.640. The van der Waals surface area contributed by atoms with E-state index in [0.29, 0.717) is 13.2 Å². The second-order valence-electron chi connectivity index (χ2n) is 9.89. The molecule has 0 aliphatic rings. The van der Waals surface area contributed by atoms with Gasteiger partial charge < -0.3 is 23.7 Å². The van der Waals surface area contributed by atoms with Crippen LogP contribution in [0.25, 0.3) is 0 Å². The summed E-state index contributed by atoms with van der Waals surface area (Å²) in [5, 5.41) is 10.4. The van der Waals surface area contributed by atoms with Crippen molar-refractivity contribution in [2.24, 2.45) is 5.92 Å². The van der Waals surface area contributed by atoms with Crippen LogP contribution < -0.4 is 4.74 Å². The Labute approximate surface area is 195 Å². The number of hydrogen-bond donors (Lipinski definition) is 1. The van der Waals surface area contributed by atoms with Gasteiger partial charge in [-0.3, -0.25) is 0 Å². The van der Waals surface area contributed by atoms with Gasteiger partial charge in [0.05, 0.1) is 33.5 Å². The third-order valence-electron chi connectivity index (χ3n) is 6.15. The SMILES string of the molecule is COC(=O)[C@@H](O)C[C@H](OCc1ccc(OC)cc1)[C@H](C)/C=C(\C)CO[Si](C)(C)C(C)(C)C. The Balaban J connectivity index is 2.88. The maximum Gasteiger partial charge on any atom is 0.334 e. The lowest BCUT2D eigenvalue weighted by atomic mass is 9.96. The summed E-state index contributed by atoms with van der Waals surface area (Å²) in [6.45, 7) is 16.1. The lowest BCUT2D eigenvalue weighted by Gasteiger charge is -2.36. The number of carbonyl (C=O) groups is 1. The van der Waals surface area contributed by atoms with Crippen LogP contribution in [0.3, 0.4) is 0 Å². The standard InChI is InChI=1S/C25H42O6Si/c1-18(16-31-32(8,9)25(3,4)5)14-19(2)23(15-22(26)24(27)29-7)30-17-20-10-12-21(28-6)13-11-20/h10-14,19,22-23,26H,15-17H2,1-9H3/b18-14+/t19-,22+,23+/m1/s1. The highest BCUT2D eigenvalue weighted by atomic mass is 28.4. The summed E-state index contributed by atoms with van der Waals surface area (Å²) in [4.78, 5) is 11.8. The Morgan fingerprint density at radius 2 is 1.75 bits per heavy atom. The highest BCUT2D eigenvalue weighted by Gasteiger charge is 2.37. The molecule has 0 aliphatic carbocycles. The predicted octanol–water partition coefficient (Wildman–Crippen LogP) is 5.11. The van der Waals surface area contributed by atoms with E-state index in [0.717, 1.165) is 16.9 Å². The molecule has 0 spiro atoms. The lowest BCUT2D eigenvalue weighted by molar-refractivity contribution is -0.153. The highest BCUT2D eigenvalue weighted by molar-refractivity contribution is 6.74. The molecular weight excluding hydrogens is 424 g/mol.